The summed E-state index contributed by atoms with van der Waals surface area (Å²) in [5, 5.41) is 3.74. The van der Waals surface area contributed by atoms with Crippen molar-refractivity contribution in [2.45, 2.75) is 58.3 Å². The second kappa shape index (κ2) is 5.21. The van der Waals surface area contributed by atoms with Gasteiger partial charge in [0.2, 0.25) is 0 Å². The van der Waals surface area contributed by atoms with E-state index in [4.69, 9.17) is 0 Å². The van der Waals surface area contributed by atoms with Crippen LogP contribution in [0.3, 0.4) is 0 Å². The van der Waals surface area contributed by atoms with Crippen molar-refractivity contribution in [3.05, 3.63) is 23.3 Å². The Hall–Kier alpha value is -0.560. The molecule has 0 bridgehead atoms. The molecule has 0 radical (unpaired) electrons. The van der Waals surface area contributed by atoms with E-state index in [1.807, 2.05) is 11.1 Å². The predicted molar refractivity (Wildman–Crippen MR) is 77.6 cm³/mol. The van der Waals surface area contributed by atoms with E-state index in [1.165, 1.54) is 64.5 Å². The average Bonchev–Trinajstić information content (AvgIpc) is 2.74. The van der Waals surface area contributed by atoms with E-state index in [0.29, 0.717) is 5.41 Å². The lowest BCUT2D eigenvalue weighted by molar-refractivity contribution is 0.150. The van der Waals surface area contributed by atoms with Crippen LogP contribution in [0, 0.1) is 11.3 Å². The van der Waals surface area contributed by atoms with E-state index in [9.17, 15) is 0 Å². The average molecular weight is 245 g/mol. The second-order valence-electron chi connectivity index (χ2n) is 6.44. The largest absolute Gasteiger partial charge is 0.316 e. The standard InChI is InChI=1S/C17H27N/c1-2-11-18-13-17-10-6-5-8-15(17)12-14-7-3-4-9-16(14)17/h3-4,15,18H,2,5-13H2,1H3. The van der Waals surface area contributed by atoms with Gasteiger partial charge in [-0.25, -0.2) is 0 Å². The number of nitrogens with one attached hydrogen (secondary N) is 1. The Morgan fingerprint density at radius 2 is 2.17 bits per heavy atom. The summed E-state index contributed by atoms with van der Waals surface area (Å²) < 4.78 is 0. The zero-order valence-corrected chi connectivity index (χ0v) is 11.8. The van der Waals surface area contributed by atoms with Gasteiger partial charge in [-0.2, -0.15) is 0 Å². The van der Waals surface area contributed by atoms with Crippen molar-refractivity contribution >= 4 is 0 Å². The lowest BCUT2D eigenvalue weighted by atomic mass is 9.64. The lowest BCUT2D eigenvalue weighted by Gasteiger charge is -2.42. The van der Waals surface area contributed by atoms with E-state index in [1.54, 1.807) is 0 Å². The fourth-order valence-corrected chi connectivity index (χ4v) is 4.59. The van der Waals surface area contributed by atoms with Crippen molar-refractivity contribution in [3.8, 4) is 0 Å². The van der Waals surface area contributed by atoms with Crippen LogP contribution in [0.2, 0.25) is 0 Å². The molecule has 3 aliphatic carbocycles. The summed E-state index contributed by atoms with van der Waals surface area (Å²) in [6.07, 6.45) is 15.8. The molecule has 1 saturated carbocycles. The van der Waals surface area contributed by atoms with Crippen LogP contribution in [0.25, 0.3) is 0 Å². The van der Waals surface area contributed by atoms with Gasteiger partial charge in [0.15, 0.2) is 0 Å². The van der Waals surface area contributed by atoms with Crippen LogP contribution in [0.5, 0.6) is 0 Å². The van der Waals surface area contributed by atoms with Crippen LogP contribution >= 0.6 is 0 Å². The zero-order chi connectivity index (χ0) is 12.4. The van der Waals surface area contributed by atoms with Crippen molar-refractivity contribution in [3.63, 3.8) is 0 Å². The molecule has 100 valence electrons. The molecule has 1 fully saturated rings. The Morgan fingerprint density at radius 3 is 3.06 bits per heavy atom. The highest BCUT2D eigenvalue weighted by Crippen LogP contribution is 2.57. The summed E-state index contributed by atoms with van der Waals surface area (Å²) >= 11 is 0. The summed E-state index contributed by atoms with van der Waals surface area (Å²) in [6, 6.07) is 0. The van der Waals surface area contributed by atoms with Gasteiger partial charge in [-0.15, -0.1) is 0 Å². The number of rotatable bonds is 4. The number of hydrogen-bond donors (Lipinski definition) is 1. The monoisotopic (exact) mass is 245 g/mol. The molecule has 0 aromatic heterocycles. The highest BCUT2D eigenvalue weighted by atomic mass is 14.9. The fourth-order valence-electron chi connectivity index (χ4n) is 4.59. The minimum absolute atomic E-state index is 0.549. The Labute approximate surface area is 112 Å². The maximum Gasteiger partial charge on any atom is 0.00738 e. The predicted octanol–water partition coefficient (Wildman–Crippen LogP) is 4.21. The third kappa shape index (κ3) is 1.97. The molecule has 1 N–H and O–H groups in total. The fraction of sp³-hybridized carbons (Fsp3) is 0.765. The molecule has 18 heavy (non-hydrogen) atoms. The third-order valence-electron chi connectivity index (χ3n) is 5.45. The van der Waals surface area contributed by atoms with Crippen LogP contribution in [-0.2, 0) is 0 Å². The molecule has 0 heterocycles. The van der Waals surface area contributed by atoms with Crippen molar-refractivity contribution in [1.29, 1.82) is 0 Å². The summed E-state index contributed by atoms with van der Waals surface area (Å²) in [5.41, 5.74) is 4.20. The SMILES string of the molecule is CCCNCC12CCCCC1CC1=C2CC=CC1. The van der Waals surface area contributed by atoms with Crippen LogP contribution in [0.1, 0.15) is 58.3 Å². The smallest absolute Gasteiger partial charge is 0.00738 e. The maximum absolute atomic E-state index is 3.74. The molecule has 2 unspecified atom stereocenters. The van der Waals surface area contributed by atoms with Crippen LogP contribution in [0.4, 0.5) is 0 Å². The highest BCUT2D eigenvalue weighted by Gasteiger charge is 2.48. The quantitative estimate of drug-likeness (QED) is 0.578. The van der Waals surface area contributed by atoms with Crippen molar-refractivity contribution in [1.82, 2.24) is 5.32 Å². The van der Waals surface area contributed by atoms with Crippen LogP contribution < -0.4 is 5.32 Å². The molecular weight excluding hydrogens is 218 g/mol. The summed E-state index contributed by atoms with van der Waals surface area (Å²) in [6.45, 7) is 4.71. The summed E-state index contributed by atoms with van der Waals surface area (Å²) in [5.74, 6) is 0.959. The molecule has 0 aromatic carbocycles. The Bertz CT molecular complexity index is 366. The first-order valence-corrected chi connectivity index (χ1v) is 7.94. The maximum atomic E-state index is 3.74. The lowest BCUT2D eigenvalue weighted by Crippen LogP contribution is -2.41. The van der Waals surface area contributed by atoms with Gasteiger partial charge in [0.05, 0.1) is 0 Å². The molecule has 2 atom stereocenters. The second-order valence-corrected chi connectivity index (χ2v) is 6.44. The van der Waals surface area contributed by atoms with Gasteiger partial charge in [-0.05, 0) is 51.0 Å². The normalized spacial score (nSPS) is 34.6. The van der Waals surface area contributed by atoms with Crippen LogP contribution in [-0.4, -0.2) is 13.1 Å². The van der Waals surface area contributed by atoms with Gasteiger partial charge >= 0.3 is 0 Å². The highest BCUT2D eigenvalue weighted by molar-refractivity contribution is 5.37. The third-order valence-corrected chi connectivity index (χ3v) is 5.45. The Balaban J connectivity index is 1.82. The van der Waals surface area contributed by atoms with Crippen LogP contribution in [0.15, 0.2) is 23.3 Å². The van der Waals surface area contributed by atoms with Crippen molar-refractivity contribution in [2.75, 3.05) is 13.1 Å². The number of fused-ring (bicyclic) bond motifs is 2. The molecular formula is C17H27N. The minimum Gasteiger partial charge on any atom is -0.316 e. The van der Waals surface area contributed by atoms with Gasteiger partial charge in [-0.3, -0.25) is 0 Å². The first-order chi connectivity index (χ1) is 8.87. The Morgan fingerprint density at radius 1 is 1.28 bits per heavy atom. The summed E-state index contributed by atoms with van der Waals surface area (Å²) in [4.78, 5) is 0. The van der Waals surface area contributed by atoms with Crippen molar-refractivity contribution < 1.29 is 0 Å². The molecule has 3 aliphatic rings. The zero-order valence-electron chi connectivity index (χ0n) is 11.8. The Kier molecular flexibility index (Phi) is 3.61. The molecule has 1 nitrogen and oxygen atoms in total. The molecule has 3 rings (SSSR count). The van der Waals surface area contributed by atoms with E-state index >= 15 is 0 Å². The molecule has 0 aliphatic heterocycles. The molecule has 0 aromatic rings. The molecule has 1 heteroatoms. The summed E-state index contributed by atoms with van der Waals surface area (Å²) in [7, 11) is 0. The first kappa shape index (κ1) is 12.5. The van der Waals surface area contributed by atoms with E-state index in [2.05, 4.69) is 24.4 Å². The van der Waals surface area contributed by atoms with E-state index < -0.39 is 0 Å². The number of allylic oxidation sites excluding steroid dienone is 3. The van der Waals surface area contributed by atoms with Gasteiger partial charge < -0.3 is 5.32 Å². The minimum atomic E-state index is 0.549. The first-order valence-electron chi connectivity index (χ1n) is 7.94. The van der Waals surface area contributed by atoms with Gasteiger partial charge in [0.25, 0.3) is 0 Å². The van der Waals surface area contributed by atoms with Gasteiger partial charge in [-0.1, -0.05) is 43.1 Å². The van der Waals surface area contributed by atoms with Gasteiger partial charge in [0.1, 0.15) is 0 Å². The van der Waals surface area contributed by atoms with Gasteiger partial charge in [0, 0.05) is 12.0 Å². The molecule has 0 saturated heterocycles. The molecule has 0 spiro atoms. The van der Waals surface area contributed by atoms with Crippen molar-refractivity contribution in [2.24, 2.45) is 11.3 Å². The van der Waals surface area contributed by atoms with E-state index in [-0.39, 0.29) is 0 Å². The topological polar surface area (TPSA) is 12.0 Å². The number of hydrogen-bond acceptors (Lipinski definition) is 1. The van der Waals surface area contributed by atoms with E-state index in [0.717, 1.165) is 5.92 Å². The molecule has 0 amide bonds.